The van der Waals surface area contributed by atoms with Crippen LogP contribution in [0.2, 0.25) is 0 Å². The zero-order valence-electron chi connectivity index (χ0n) is 14.9. The molecule has 134 valence electrons. The number of hydrogen-bond donors (Lipinski definition) is 2. The minimum atomic E-state index is 0.0578. The van der Waals surface area contributed by atoms with Crippen LogP contribution in [0.3, 0.4) is 0 Å². The normalized spacial score (nSPS) is 10.3. The summed E-state index contributed by atoms with van der Waals surface area (Å²) >= 11 is 0. The van der Waals surface area contributed by atoms with E-state index in [1.807, 2.05) is 48.5 Å². The molecule has 0 unspecified atom stereocenters. The number of benzene rings is 2. The van der Waals surface area contributed by atoms with E-state index >= 15 is 0 Å². The minimum Gasteiger partial charge on any atom is -0.493 e. The van der Waals surface area contributed by atoms with Crippen LogP contribution in [-0.4, -0.2) is 33.2 Å². The SMILES string of the molecule is COc1ccc(CCNCCC(=O)NCc2ccccc2)cc1OC. The van der Waals surface area contributed by atoms with Gasteiger partial charge in [0, 0.05) is 19.5 Å². The van der Waals surface area contributed by atoms with Crippen molar-refractivity contribution in [2.45, 2.75) is 19.4 Å². The number of carbonyl (C=O) groups is 1. The highest BCUT2D eigenvalue weighted by molar-refractivity contribution is 5.76. The Morgan fingerprint density at radius 3 is 2.40 bits per heavy atom. The first-order valence-electron chi connectivity index (χ1n) is 8.45. The second kappa shape index (κ2) is 10.4. The summed E-state index contributed by atoms with van der Waals surface area (Å²) in [5, 5.41) is 6.22. The molecule has 0 heterocycles. The molecule has 0 aliphatic carbocycles. The van der Waals surface area contributed by atoms with E-state index in [2.05, 4.69) is 10.6 Å². The van der Waals surface area contributed by atoms with Crippen LogP contribution in [0, 0.1) is 0 Å². The van der Waals surface area contributed by atoms with E-state index in [9.17, 15) is 4.79 Å². The highest BCUT2D eigenvalue weighted by Crippen LogP contribution is 2.27. The molecule has 5 heteroatoms. The van der Waals surface area contributed by atoms with Crippen LogP contribution >= 0.6 is 0 Å². The van der Waals surface area contributed by atoms with Gasteiger partial charge in [-0.1, -0.05) is 36.4 Å². The maximum absolute atomic E-state index is 11.8. The maximum atomic E-state index is 11.8. The first kappa shape index (κ1) is 18.8. The Balaban J connectivity index is 1.62. The Morgan fingerprint density at radius 1 is 0.920 bits per heavy atom. The van der Waals surface area contributed by atoms with Crippen molar-refractivity contribution < 1.29 is 14.3 Å². The average Bonchev–Trinajstić information content (AvgIpc) is 2.66. The minimum absolute atomic E-state index is 0.0578. The van der Waals surface area contributed by atoms with Crippen LogP contribution in [0.15, 0.2) is 48.5 Å². The van der Waals surface area contributed by atoms with E-state index in [0.717, 1.165) is 30.0 Å². The number of ether oxygens (including phenoxy) is 2. The third-order valence-electron chi connectivity index (χ3n) is 3.90. The van der Waals surface area contributed by atoms with Gasteiger partial charge in [-0.3, -0.25) is 4.79 Å². The molecule has 0 saturated heterocycles. The van der Waals surface area contributed by atoms with Gasteiger partial charge in [0.25, 0.3) is 0 Å². The molecule has 0 saturated carbocycles. The number of carbonyl (C=O) groups excluding carboxylic acids is 1. The fourth-order valence-corrected chi connectivity index (χ4v) is 2.48. The van der Waals surface area contributed by atoms with Crippen molar-refractivity contribution >= 4 is 5.91 Å². The van der Waals surface area contributed by atoms with E-state index in [4.69, 9.17) is 9.47 Å². The summed E-state index contributed by atoms with van der Waals surface area (Å²) in [5.41, 5.74) is 2.27. The topological polar surface area (TPSA) is 59.6 Å². The zero-order chi connectivity index (χ0) is 17.9. The molecule has 0 atom stereocenters. The second-order valence-electron chi connectivity index (χ2n) is 5.70. The molecule has 0 radical (unpaired) electrons. The van der Waals surface area contributed by atoms with Gasteiger partial charge < -0.3 is 20.1 Å². The Kier molecular flexibility index (Phi) is 7.79. The molecule has 5 nitrogen and oxygen atoms in total. The maximum Gasteiger partial charge on any atom is 0.221 e. The third kappa shape index (κ3) is 6.47. The van der Waals surface area contributed by atoms with Crippen molar-refractivity contribution in [1.82, 2.24) is 10.6 Å². The first-order valence-corrected chi connectivity index (χ1v) is 8.45. The van der Waals surface area contributed by atoms with Gasteiger partial charge in [-0.15, -0.1) is 0 Å². The zero-order valence-corrected chi connectivity index (χ0v) is 14.9. The molecular weight excluding hydrogens is 316 g/mol. The number of hydrogen-bond acceptors (Lipinski definition) is 4. The summed E-state index contributed by atoms with van der Waals surface area (Å²) < 4.78 is 10.5. The Hall–Kier alpha value is -2.53. The lowest BCUT2D eigenvalue weighted by atomic mass is 10.1. The van der Waals surface area contributed by atoms with Crippen LogP contribution in [0.5, 0.6) is 11.5 Å². The summed E-state index contributed by atoms with van der Waals surface area (Å²) in [6.07, 6.45) is 1.34. The van der Waals surface area contributed by atoms with E-state index < -0.39 is 0 Å². The molecule has 2 N–H and O–H groups in total. The quantitative estimate of drug-likeness (QED) is 0.652. The van der Waals surface area contributed by atoms with Gasteiger partial charge in [0.15, 0.2) is 11.5 Å². The highest BCUT2D eigenvalue weighted by Gasteiger charge is 2.05. The summed E-state index contributed by atoms with van der Waals surface area (Å²) in [6.45, 7) is 2.04. The highest BCUT2D eigenvalue weighted by atomic mass is 16.5. The number of nitrogens with one attached hydrogen (secondary N) is 2. The fourth-order valence-electron chi connectivity index (χ4n) is 2.48. The lowest BCUT2D eigenvalue weighted by Gasteiger charge is -2.10. The molecule has 1 amide bonds. The Morgan fingerprint density at radius 2 is 1.68 bits per heavy atom. The summed E-state index contributed by atoms with van der Waals surface area (Å²) in [7, 11) is 3.26. The lowest BCUT2D eigenvalue weighted by Crippen LogP contribution is -2.28. The largest absolute Gasteiger partial charge is 0.493 e. The van der Waals surface area contributed by atoms with Crippen molar-refractivity contribution in [3.63, 3.8) is 0 Å². The van der Waals surface area contributed by atoms with Crippen LogP contribution in [0.4, 0.5) is 0 Å². The van der Waals surface area contributed by atoms with Gasteiger partial charge in [0.05, 0.1) is 14.2 Å². The van der Waals surface area contributed by atoms with E-state index in [1.54, 1.807) is 14.2 Å². The molecule has 0 spiro atoms. The van der Waals surface area contributed by atoms with Gasteiger partial charge in [-0.2, -0.15) is 0 Å². The Bertz CT molecular complexity index is 659. The van der Waals surface area contributed by atoms with Crippen molar-refractivity contribution in [2.24, 2.45) is 0 Å². The van der Waals surface area contributed by atoms with Gasteiger partial charge in [0.2, 0.25) is 5.91 Å². The standard InChI is InChI=1S/C20H26N2O3/c1-24-18-9-8-16(14-19(18)25-2)10-12-21-13-11-20(23)22-15-17-6-4-3-5-7-17/h3-9,14,21H,10-13,15H2,1-2H3,(H,22,23). The molecule has 25 heavy (non-hydrogen) atoms. The van der Waals surface area contributed by atoms with Crippen molar-refractivity contribution in [2.75, 3.05) is 27.3 Å². The summed E-state index contributed by atoms with van der Waals surface area (Å²) in [6, 6.07) is 15.8. The van der Waals surface area contributed by atoms with Crippen molar-refractivity contribution in [1.29, 1.82) is 0 Å². The number of methoxy groups -OCH3 is 2. The van der Waals surface area contributed by atoms with Gasteiger partial charge in [-0.05, 0) is 36.2 Å². The van der Waals surface area contributed by atoms with Crippen LogP contribution in [0.25, 0.3) is 0 Å². The summed E-state index contributed by atoms with van der Waals surface area (Å²) in [5.74, 6) is 1.53. The second-order valence-corrected chi connectivity index (χ2v) is 5.70. The molecule has 0 aliphatic heterocycles. The number of rotatable bonds is 10. The molecule has 2 rings (SSSR count). The number of amides is 1. The molecule has 0 fully saturated rings. The fraction of sp³-hybridized carbons (Fsp3) is 0.350. The molecule has 2 aromatic rings. The van der Waals surface area contributed by atoms with Gasteiger partial charge in [0.1, 0.15) is 0 Å². The monoisotopic (exact) mass is 342 g/mol. The molecule has 2 aromatic carbocycles. The van der Waals surface area contributed by atoms with Crippen molar-refractivity contribution in [3.05, 3.63) is 59.7 Å². The molecule has 0 aliphatic rings. The van der Waals surface area contributed by atoms with E-state index in [0.29, 0.717) is 19.5 Å². The van der Waals surface area contributed by atoms with E-state index in [1.165, 1.54) is 5.56 Å². The van der Waals surface area contributed by atoms with Crippen LogP contribution in [0.1, 0.15) is 17.5 Å². The van der Waals surface area contributed by atoms with Gasteiger partial charge in [-0.25, -0.2) is 0 Å². The predicted octanol–water partition coefficient (Wildman–Crippen LogP) is 2.54. The van der Waals surface area contributed by atoms with Crippen molar-refractivity contribution in [3.8, 4) is 11.5 Å². The van der Waals surface area contributed by atoms with E-state index in [-0.39, 0.29) is 5.91 Å². The third-order valence-corrected chi connectivity index (χ3v) is 3.90. The van der Waals surface area contributed by atoms with Gasteiger partial charge >= 0.3 is 0 Å². The molecule has 0 aromatic heterocycles. The predicted molar refractivity (Wildman–Crippen MR) is 99.0 cm³/mol. The van der Waals surface area contributed by atoms with Crippen LogP contribution in [-0.2, 0) is 17.8 Å². The smallest absolute Gasteiger partial charge is 0.221 e. The lowest BCUT2D eigenvalue weighted by molar-refractivity contribution is -0.121. The average molecular weight is 342 g/mol. The molecule has 0 bridgehead atoms. The van der Waals surface area contributed by atoms with Crippen LogP contribution < -0.4 is 20.1 Å². The molecular formula is C20H26N2O3. The first-order chi connectivity index (χ1) is 12.2. The Labute approximate surface area is 149 Å². The summed E-state index contributed by atoms with van der Waals surface area (Å²) in [4.78, 5) is 11.8.